The summed E-state index contributed by atoms with van der Waals surface area (Å²) in [5, 5.41) is 0. The van der Waals surface area contributed by atoms with Gasteiger partial charge in [0.25, 0.3) is 0 Å². The SMILES string of the molecule is Cc1cc(C(=O)CN2CCC(C)CC2)c(C)n1C1CCCC1. The standard InChI is InChI=1S/C19H30N2O/c1-14-8-10-20(11-9-14)13-19(22)18-12-15(2)21(16(18)3)17-6-4-5-7-17/h12,14,17H,4-11,13H2,1-3H3. The van der Waals surface area contributed by atoms with Crippen LogP contribution in [-0.4, -0.2) is 34.9 Å². The minimum absolute atomic E-state index is 0.312. The fourth-order valence-corrected chi connectivity index (χ4v) is 4.29. The molecule has 1 aromatic heterocycles. The van der Waals surface area contributed by atoms with Gasteiger partial charge in [-0.3, -0.25) is 9.69 Å². The number of hydrogen-bond acceptors (Lipinski definition) is 2. The van der Waals surface area contributed by atoms with E-state index in [9.17, 15) is 4.79 Å². The summed E-state index contributed by atoms with van der Waals surface area (Å²) in [6.07, 6.45) is 7.67. The number of Topliss-reactive ketones (excluding diaryl/α,β-unsaturated/α-hetero) is 1. The van der Waals surface area contributed by atoms with Gasteiger partial charge in [0, 0.05) is 23.0 Å². The van der Waals surface area contributed by atoms with Crippen LogP contribution in [0.2, 0.25) is 0 Å². The highest BCUT2D eigenvalue weighted by Gasteiger charge is 2.25. The molecule has 1 aliphatic heterocycles. The first kappa shape index (κ1) is 15.8. The topological polar surface area (TPSA) is 25.2 Å². The van der Waals surface area contributed by atoms with E-state index in [1.54, 1.807) is 0 Å². The lowest BCUT2D eigenvalue weighted by atomic mass is 9.99. The predicted octanol–water partition coefficient (Wildman–Crippen LogP) is 4.13. The first-order valence-corrected chi connectivity index (χ1v) is 9.00. The van der Waals surface area contributed by atoms with E-state index in [0.717, 1.165) is 24.6 Å². The molecule has 3 rings (SSSR count). The van der Waals surface area contributed by atoms with E-state index in [2.05, 4.69) is 36.3 Å². The van der Waals surface area contributed by atoms with Crippen LogP contribution in [0.15, 0.2) is 6.07 Å². The van der Waals surface area contributed by atoms with Gasteiger partial charge in [-0.1, -0.05) is 19.8 Å². The van der Waals surface area contributed by atoms with Gasteiger partial charge >= 0.3 is 0 Å². The molecule has 122 valence electrons. The van der Waals surface area contributed by atoms with Crippen LogP contribution in [0, 0.1) is 19.8 Å². The van der Waals surface area contributed by atoms with Crippen molar-refractivity contribution in [2.75, 3.05) is 19.6 Å². The molecule has 0 radical (unpaired) electrons. The normalized spacial score (nSPS) is 21.6. The summed E-state index contributed by atoms with van der Waals surface area (Å²) in [6.45, 7) is 9.36. The molecule has 2 aliphatic rings. The molecular formula is C19H30N2O. The second-order valence-corrected chi connectivity index (χ2v) is 7.47. The Labute approximate surface area is 134 Å². The number of aromatic nitrogens is 1. The minimum Gasteiger partial charge on any atom is -0.345 e. The van der Waals surface area contributed by atoms with Crippen molar-refractivity contribution in [1.29, 1.82) is 0 Å². The molecule has 1 aromatic rings. The highest BCUT2D eigenvalue weighted by atomic mass is 16.1. The molecule has 0 unspecified atom stereocenters. The van der Waals surface area contributed by atoms with E-state index in [4.69, 9.17) is 0 Å². The van der Waals surface area contributed by atoms with Crippen molar-refractivity contribution in [3.8, 4) is 0 Å². The monoisotopic (exact) mass is 302 g/mol. The van der Waals surface area contributed by atoms with Crippen molar-refractivity contribution in [2.24, 2.45) is 5.92 Å². The number of ketones is 1. The summed E-state index contributed by atoms with van der Waals surface area (Å²) < 4.78 is 2.43. The van der Waals surface area contributed by atoms with Crippen LogP contribution in [0.1, 0.15) is 73.2 Å². The Bertz CT molecular complexity index is 532. The lowest BCUT2D eigenvalue weighted by Crippen LogP contribution is -2.36. The number of aryl methyl sites for hydroxylation is 1. The molecule has 1 saturated heterocycles. The molecule has 2 fully saturated rings. The Morgan fingerprint density at radius 1 is 1.14 bits per heavy atom. The Hall–Kier alpha value is -1.09. The molecule has 1 saturated carbocycles. The van der Waals surface area contributed by atoms with Gasteiger partial charge in [0.05, 0.1) is 6.54 Å². The molecule has 2 heterocycles. The Morgan fingerprint density at radius 2 is 1.77 bits per heavy atom. The van der Waals surface area contributed by atoms with Crippen LogP contribution < -0.4 is 0 Å². The number of likely N-dealkylation sites (tertiary alicyclic amines) is 1. The third-order valence-electron chi connectivity index (χ3n) is 5.72. The molecule has 22 heavy (non-hydrogen) atoms. The maximum atomic E-state index is 12.7. The fourth-order valence-electron chi connectivity index (χ4n) is 4.29. The molecule has 0 amide bonds. The lowest BCUT2D eigenvalue weighted by molar-refractivity contribution is 0.0899. The highest BCUT2D eigenvalue weighted by Crippen LogP contribution is 2.33. The molecule has 3 heteroatoms. The fraction of sp³-hybridized carbons (Fsp3) is 0.737. The number of piperidine rings is 1. The van der Waals surface area contributed by atoms with Gasteiger partial charge in [0.2, 0.25) is 0 Å². The number of carbonyl (C=O) groups is 1. The number of nitrogens with zero attached hydrogens (tertiary/aromatic N) is 2. The Morgan fingerprint density at radius 3 is 2.41 bits per heavy atom. The average molecular weight is 302 g/mol. The smallest absolute Gasteiger partial charge is 0.178 e. The minimum atomic E-state index is 0.312. The van der Waals surface area contributed by atoms with Crippen molar-refractivity contribution >= 4 is 5.78 Å². The maximum Gasteiger partial charge on any atom is 0.178 e. The third kappa shape index (κ3) is 3.15. The van der Waals surface area contributed by atoms with E-state index in [1.165, 1.54) is 49.9 Å². The summed E-state index contributed by atoms with van der Waals surface area (Å²) >= 11 is 0. The van der Waals surface area contributed by atoms with E-state index in [0.29, 0.717) is 18.4 Å². The summed E-state index contributed by atoms with van der Waals surface area (Å²) in [6, 6.07) is 2.75. The van der Waals surface area contributed by atoms with Crippen LogP contribution >= 0.6 is 0 Å². The number of rotatable bonds is 4. The average Bonchev–Trinajstić information content (AvgIpc) is 3.09. The quantitative estimate of drug-likeness (QED) is 0.781. The Balaban J connectivity index is 1.71. The highest BCUT2D eigenvalue weighted by molar-refractivity contribution is 5.99. The molecule has 1 aliphatic carbocycles. The first-order valence-electron chi connectivity index (χ1n) is 9.00. The van der Waals surface area contributed by atoms with Crippen LogP contribution in [0.25, 0.3) is 0 Å². The van der Waals surface area contributed by atoms with Crippen molar-refractivity contribution in [2.45, 2.75) is 65.3 Å². The van der Waals surface area contributed by atoms with Crippen molar-refractivity contribution in [3.63, 3.8) is 0 Å². The van der Waals surface area contributed by atoms with E-state index in [-0.39, 0.29) is 0 Å². The Kier molecular flexibility index (Phi) is 4.72. The zero-order valence-corrected chi connectivity index (χ0v) is 14.4. The lowest BCUT2D eigenvalue weighted by Gasteiger charge is -2.29. The number of carbonyl (C=O) groups excluding carboxylic acids is 1. The van der Waals surface area contributed by atoms with Gasteiger partial charge in [0.15, 0.2) is 5.78 Å². The van der Waals surface area contributed by atoms with Crippen LogP contribution in [0.4, 0.5) is 0 Å². The van der Waals surface area contributed by atoms with Crippen LogP contribution in [0.3, 0.4) is 0 Å². The summed E-state index contributed by atoms with van der Waals surface area (Å²) in [4.78, 5) is 15.1. The number of hydrogen-bond donors (Lipinski definition) is 0. The van der Waals surface area contributed by atoms with Gasteiger partial charge in [-0.2, -0.15) is 0 Å². The van der Waals surface area contributed by atoms with Gasteiger partial charge < -0.3 is 4.57 Å². The van der Waals surface area contributed by atoms with E-state index in [1.807, 2.05) is 0 Å². The van der Waals surface area contributed by atoms with Crippen molar-refractivity contribution in [1.82, 2.24) is 9.47 Å². The zero-order valence-electron chi connectivity index (χ0n) is 14.4. The molecule has 0 atom stereocenters. The second-order valence-electron chi connectivity index (χ2n) is 7.47. The summed E-state index contributed by atoms with van der Waals surface area (Å²) in [7, 11) is 0. The van der Waals surface area contributed by atoms with Crippen LogP contribution in [-0.2, 0) is 0 Å². The van der Waals surface area contributed by atoms with E-state index < -0.39 is 0 Å². The molecule has 0 bridgehead atoms. The third-order valence-corrected chi connectivity index (χ3v) is 5.72. The maximum absolute atomic E-state index is 12.7. The molecule has 0 N–H and O–H groups in total. The van der Waals surface area contributed by atoms with Crippen molar-refractivity contribution in [3.05, 3.63) is 23.0 Å². The molecule has 0 spiro atoms. The molecule has 0 aromatic carbocycles. The summed E-state index contributed by atoms with van der Waals surface area (Å²) in [5.41, 5.74) is 3.42. The van der Waals surface area contributed by atoms with Crippen LogP contribution in [0.5, 0.6) is 0 Å². The van der Waals surface area contributed by atoms with Gasteiger partial charge in [-0.05, 0) is 64.6 Å². The van der Waals surface area contributed by atoms with Crippen molar-refractivity contribution < 1.29 is 4.79 Å². The largest absolute Gasteiger partial charge is 0.345 e. The molecule has 3 nitrogen and oxygen atoms in total. The first-order chi connectivity index (χ1) is 10.6. The zero-order chi connectivity index (χ0) is 15.7. The summed E-state index contributed by atoms with van der Waals surface area (Å²) in [5.74, 6) is 1.13. The predicted molar refractivity (Wildman–Crippen MR) is 90.6 cm³/mol. The van der Waals surface area contributed by atoms with Gasteiger partial charge in [-0.25, -0.2) is 0 Å². The van der Waals surface area contributed by atoms with E-state index >= 15 is 0 Å². The van der Waals surface area contributed by atoms with Gasteiger partial charge in [0.1, 0.15) is 0 Å². The van der Waals surface area contributed by atoms with Gasteiger partial charge in [-0.15, -0.1) is 0 Å². The molecular weight excluding hydrogens is 272 g/mol. The second kappa shape index (κ2) is 6.57.